The first-order valence-electron chi connectivity index (χ1n) is 6.27. The molecular formula is C14H17BrO3. The van der Waals surface area contributed by atoms with Gasteiger partial charge in [0.25, 0.3) is 0 Å². The molecule has 2 N–H and O–H groups in total. The minimum atomic E-state index is -1.75. The zero-order valence-electron chi connectivity index (χ0n) is 10.1. The molecule has 4 heteroatoms. The van der Waals surface area contributed by atoms with Gasteiger partial charge in [0.15, 0.2) is 5.60 Å². The maximum atomic E-state index is 11.5. The molecule has 0 saturated heterocycles. The molecule has 0 aromatic heterocycles. The lowest BCUT2D eigenvalue weighted by atomic mass is 9.73. The van der Waals surface area contributed by atoms with Crippen molar-refractivity contribution in [3.63, 3.8) is 0 Å². The number of aliphatic hydroxyl groups is 1. The maximum Gasteiger partial charge on any atom is 0.340 e. The molecule has 2 rings (SSSR count). The molecule has 0 radical (unpaired) electrons. The number of carboxylic acids is 1. The van der Waals surface area contributed by atoms with Crippen LogP contribution in [0.4, 0.5) is 0 Å². The van der Waals surface area contributed by atoms with Crippen molar-refractivity contribution in [2.45, 2.75) is 37.7 Å². The van der Waals surface area contributed by atoms with E-state index in [1.165, 1.54) is 0 Å². The van der Waals surface area contributed by atoms with E-state index < -0.39 is 11.6 Å². The zero-order valence-corrected chi connectivity index (χ0v) is 11.7. The van der Waals surface area contributed by atoms with Gasteiger partial charge in [-0.25, -0.2) is 4.79 Å². The van der Waals surface area contributed by atoms with Crippen molar-refractivity contribution in [2.75, 3.05) is 0 Å². The van der Waals surface area contributed by atoms with E-state index >= 15 is 0 Å². The lowest BCUT2D eigenvalue weighted by molar-refractivity contribution is -0.168. The van der Waals surface area contributed by atoms with Crippen LogP contribution in [0, 0.1) is 5.92 Å². The average molecular weight is 313 g/mol. The first-order valence-corrected chi connectivity index (χ1v) is 7.06. The monoisotopic (exact) mass is 312 g/mol. The fourth-order valence-electron chi connectivity index (χ4n) is 2.76. The fraction of sp³-hybridized carbons (Fsp3) is 0.500. The first-order chi connectivity index (χ1) is 8.55. The molecule has 98 valence electrons. The van der Waals surface area contributed by atoms with E-state index in [-0.39, 0.29) is 5.92 Å². The highest BCUT2D eigenvalue weighted by molar-refractivity contribution is 9.10. The molecule has 1 aliphatic carbocycles. The largest absolute Gasteiger partial charge is 0.479 e. The van der Waals surface area contributed by atoms with Crippen LogP contribution in [0.3, 0.4) is 0 Å². The molecule has 1 aliphatic rings. The maximum absolute atomic E-state index is 11.5. The van der Waals surface area contributed by atoms with Gasteiger partial charge in [-0.05, 0) is 30.5 Å². The Balaban J connectivity index is 2.36. The first kappa shape index (κ1) is 13.6. The number of hydrogen-bond donors (Lipinski definition) is 2. The Labute approximate surface area is 115 Å². The van der Waals surface area contributed by atoms with E-state index in [2.05, 4.69) is 15.9 Å². The Hall–Kier alpha value is -0.870. The summed E-state index contributed by atoms with van der Waals surface area (Å²) in [6.45, 7) is 0. The second-order valence-corrected chi connectivity index (χ2v) is 5.83. The van der Waals surface area contributed by atoms with Gasteiger partial charge >= 0.3 is 5.97 Å². The minimum absolute atomic E-state index is 0.190. The molecule has 18 heavy (non-hydrogen) atoms. The van der Waals surface area contributed by atoms with Gasteiger partial charge in [0.1, 0.15) is 0 Å². The molecule has 1 aromatic carbocycles. The van der Waals surface area contributed by atoms with Crippen LogP contribution in [0.1, 0.15) is 37.7 Å². The normalized spacial score (nSPS) is 20.3. The Kier molecular flexibility index (Phi) is 4.07. The van der Waals surface area contributed by atoms with Gasteiger partial charge in [0.05, 0.1) is 0 Å². The highest BCUT2D eigenvalue weighted by Gasteiger charge is 2.45. The average Bonchev–Trinajstić information content (AvgIpc) is 2.39. The van der Waals surface area contributed by atoms with Crippen molar-refractivity contribution in [3.8, 4) is 0 Å². The molecule has 0 heterocycles. The van der Waals surface area contributed by atoms with E-state index in [0.29, 0.717) is 5.56 Å². The molecule has 0 amide bonds. The molecule has 1 aromatic rings. The summed E-state index contributed by atoms with van der Waals surface area (Å²) in [5.74, 6) is -1.33. The minimum Gasteiger partial charge on any atom is -0.479 e. The van der Waals surface area contributed by atoms with Crippen molar-refractivity contribution in [3.05, 3.63) is 34.3 Å². The Morgan fingerprint density at radius 2 is 1.72 bits per heavy atom. The third kappa shape index (κ3) is 2.45. The van der Waals surface area contributed by atoms with Crippen LogP contribution in [-0.2, 0) is 10.4 Å². The van der Waals surface area contributed by atoms with Gasteiger partial charge in [-0.2, -0.15) is 0 Å². The third-order valence-electron chi connectivity index (χ3n) is 3.81. The van der Waals surface area contributed by atoms with Crippen molar-refractivity contribution >= 4 is 21.9 Å². The summed E-state index contributed by atoms with van der Waals surface area (Å²) in [6, 6.07) is 6.91. The lowest BCUT2D eigenvalue weighted by Crippen LogP contribution is -2.43. The van der Waals surface area contributed by atoms with Gasteiger partial charge in [0, 0.05) is 10.4 Å². The highest BCUT2D eigenvalue weighted by atomic mass is 79.9. The summed E-state index contributed by atoms with van der Waals surface area (Å²) >= 11 is 3.32. The quantitative estimate of drug-likeness (QED) is 0.900. The van der Waals surface area contributed by atoms with Gasteiger partial charge in [-0.15, -0.1) is 0 Å². The van der Waals surface area contributed by atoms with E-state index in [4.69, 9.17) is 0 Å². The topological polar surface area (TPSA) is 57.5 Å². The molecular weight excluding hydrogens is 296 g/mol. The number of carbonyl (C=O) groups is 1. The predicted octanol–water partition coefficient (Wildman–Crippen LogP) is 3.30. The Morgan fingerprint density at radius 1 is 1.17 bits per heavy atom. The van der Waals surface area contributed by atoms with Crippen LogP contribution in [0.2, 0.25) is 0 Å². The zero-order chi connectivity index (χ0) is 13.2. The number of carboxylic acid groups (broad SMARTS) is 1. The van der Waals surface area contributed by atoms with Gasteiger partial charge < -0.3 is 10.2 Å². The smallest absolute Gasteiger partial charge is 0.340 e. The number of halogens is 1. The molecule has 1 fully saturated rings. The molecule has 0 aliphatic heterocycles. The standard InChI is InChI=1S/C14H17BrO3/c15-12-8-6-11(7-9-12)14(18,13(16)17)10-4-2-1-3-5-10/h6-10,18H,1-5H2,(H,16,17). The molecule has 1 unspecified atom stereocenters. The van der Waals surface area contributed by atoms with Gasteiger partial charge in [-0.3, -0.25) is 0 Å². The highest BCUT2D eigenvalue weighted by Crippen LogP contribution is 2.39. The van der Waals surface area contributed by atoms with Gasteiger partial charge in [-0.1, -0.05) is 47.3 Å². The number of rotatable bonds is 3. The van der Waals surface area contributed by atoms with Crippen molar-refractivity contribution in [1.29, 1.82) is 0 Å². The summed E-state index contributed by atoms with van der Waals surface area (Å²) in [5, 5.41) is 20.1. The number of hydrogen-bond acceptors (Lipinski definition) is 2. The molecule has 0 bridgehead atoms. The molecule has 1 atom stereocenters. The van der Waals surface area contributed by atoms with Crippen molar-refractivity contribution < 1.29 is 15.0 Å². The number of benzene rings is 1. The van der Waals surface area contributed by atoms with Crippen LogP contribution in [0.15, 0.2) is 28.7 Å². The van der Waals surface area contributed by atoms with Crippen LogP contribution in [0.25, 0.3) is 0 Å². The second kappa shape index (κ2) is 5.41. The fourth-order valence-corrected chi connectivity index (χ4v) is 3.02. The lowest BCUT2D eigenvalue weighted by Gasteiger charge is -2.35. The third-order valence-corrected chi connectivity index (χ3v) is 4.34. The van der Waals surface area contributed by atoms with E-state index in [1.54, 1.807) is 24.3 Å². The van der Waals surface area contributed by atoms with E-state index in [9.17, 15) is 15.0 Å². The molecule has 1 saturated carbocycles. The Bertz CT molecular complexity index is 423. The van der Waals surface area contributed by atoms with E-state index in [1.807, 2.05) is 0 Å². The SMILES string of the molecule is O=C(O)C(O)(c1ccc(Br)cc1)C1CCCCC1. The molecule has 3 nitrogen and oxygen atoms in total. The predicted molar refractivity (Wildman–Crippen MR) is 72.2 cm³/mol. The Morgan fingerprint density at radius 3 is 2.22 bits per heavy atom. The van der Waals surface area contributed by atoms with Crippen LogP contribution >= 0.6 is 15.9 Å². The summed E-state index contributed by atoms with van der Waals surface area (Å²) in [6.07, 6.45) is 4.68. The van der Waals surface area contributed by atoms with Crippen LogP contribution in [0.5, 0.6) is 0 Å². The van der Waals surface area contributed by atoms with Gasteiger partial charge in [0.2, 0.25) is 0 Å². The van der Waals surface area contributed by atoms with Crippen LogP contribution < -0.4 is 0 Å². The van der Waals surface area contributed by atoms with E-state index in [0.717, 1.165) is 36.6 Å². The van der Waals surface area contributed by atoms with Crippen LogP contribution in [-0.4, -0.2) is 16.2 Å². The summed E-state index contributed by atoms with van der Waals surface area (Å²) in [7, 11) is 0. The second-order valence-electron chi connectivity index (χ2n) is 4.91. The summed E-state index contributed by atoms with van der Waals surface area (Å²) in [4.78, 5) is 11.5. The number of aliphatic carboxylic acids is 1. The van der Waals surface area contributed by atoms with Crippen molar-refractivity contribution in [2.24, 2.45) is 5.92 Å². The molecule has 0 spiro atoms. The van der Waals surface area contributed by atoms with Crippen molar-refractivity contribution in [1.82, 2.24) is 0 Å². The summed E-state index contributed by atoms with van der Waals surface area (Å²) in [5.41, 5.74) is -1.27. The summed E-state index contributed by atoms with van der Waals surface area (Å²) < 4.78 is 0.877.